The van der Waals surface area contributed by atoms with Gasteiger partial charge in [-0.05, 0) is 43.5 Å². The van der Waals surface area contributed by atoms with Gasteiger partial charge in [0, 0.05) is 42.3 Å². The van der Waals surface area contributed by atoms with Gasteiger partial charge >= 0.3 is 0 Å². The number of hydrogen-bond donors (Lipinski definition) is 1. The van der Waals surface area contributed by atoms with Gasteiger partial charge in [0.25, 0.3) is 5.91 Å². The quantitative estimate of drug-likeness (QED) is 0.606. The summed E-state index contributed by atoms with van der Waals surface area (Å²) in [6.45, 7) is 2.07. The van der Waals surface area contributed by atoms with Crippen molar-refractivity contribution in [3.8, 4) is 11.1 Å². The number of nitrogens with zero attached hydrogens (tertiary/aromatic N) is 3. The zero-order valence-electron chi connectivity index (χ0n) is 17.6. The van der Waals surface area contributed by atoms with Gasteiger partial charge < -0.3 is 10.2 Å². The number of amides is 1. The van der Waals surface area contributed by atoms with Gasteiger partial charge in [-0.3, -0.25) is 4.79 Å². The molecular weight excluding hydrogens is 372 g/mol. The predicted octanol–water partition coefficient (Wildman–Crippen LogP) is 5.60. The van der Waals surface area contributed by atoms with Crippen molar-refractivity contribution in [2.45, 2.75) is 45.1 Å². The number of carbonyl (C=O) groups excluding carboxylic acids is 1. The van der Waals surface area contributed by atoms with Gasteiger partial charge in [-0.1, -0.05) is 55.2 Å². The molecule has 2 aromatic carbocycles. The Morgan fingerprint density at radius 1 is 0.967 bits per heavy atom. The highest BCUT2D eigenvalue weighted by atomic mass is 16.2. The predicted molar refractivity (Wildman–Crippen MR) is 121 cm³/mol. The lowest BCUT2D eigenvalue weighted by atomic mass is 9.94. The maximum Gasteiger partial charge on any atom is 0.253 e. The third kappa shape index (κ3) is 4.67. The second-order valence-corrected chi connectivity index (χ2v) is 8.08. The Labute approximate surface area is 178 Å². The van der Waals surface area contributed by atoms with Crippen LogP contribution in [0.2, 0.25) is 0 Å². The number of anilines is 2. The molecule has 0 saturated heterocycles. The molecule has 1 amide bonds. The summed E-state index contributed by atoms with van der Waals surface area (Å²) in [5, 5.41) is 3.21. The summed E-state index contributed by atoms with van der Waals surface area (Å²) < 4.78 is 0. The van der Waals surface area contributed by atoms with Crippen molar-refractivity contribution in [1.82, 2.24) is 14.9 Å². The van der Waals surface area contributed by atoms with Crippen molar-refractivity contribution in [2.75, 3.05) is 12.4 Å². The van der Waals surface area contributed by atoms with Crippen molar-refractivity contribution < 1.29 is 4.79 Å². The van der Waals surface area contributed by atoms with Crippen LogP contribution < -0.4 is 5.32 Å². The van der Waals surface area contributed by atoms with Crippen molar-refractivity contribution >= 4 is 17.5 Å². The topological polar surface area (TPSA) is 58.1 Å². The van der Waals surface area contributed by atoms with E-state index in [1.54, 1.807) is 0 Å². The average Bonchev–Trinajstić information content (AvgIpc) is 2.79. The molecule has 154 valence electrons. The largest absolute Gasteiger partial charge is 0.339 e. The average molecular weight is 401 g/mol. The van der Waals surface area contributed by atoms with E-state index in [4.69, 9.17) is 0 Å². The Morgan fingerprint density at radius 2 is 1.70 bits per heavy atom. The lowest BCUT2D eigenvalue weighted by molar-refractivity contribution is 0.0696. The SMILES string of the molecule is Cc1cccc(-c2cnc(Nc3cccc(C(=O)N(C)C4CCCCC4)c3)nc2)c1. The maximum atomic E-state index is 12.9. The van der Waals surface area contributed by atoms with Gasteiger partial charge in [0.1, 0.15) is 0 Å². The van der Waals surface area contributed by atoms with E-state index in [0.717, 1.165) is 29.7 Å². The fraction of sp³-hybridized carbons (Fsp3) is 0.320. The van der Waals surface area contributed by atoms with Crippen molar-refractivity contribution in [2.24, 2.45) is 0 Å². The maximum absolute atomic E-state index is 12.9. The van der Waals surface area contributed by atoms with Gasteiger partial charge in [0.2, 0.25) is 5.95 Å². The lowest BCUT2D eigenvalue weighted by Gasteiger charge is -2.31. The lowest BCUT2D eigenvalue weighted by Crippen LogP contribution is -2.38. The molecule has 5 nitrogen and oxygen atoms in total. The van der Waals surface area contributed by atoms with Crippen LogP contribution in [0.3, 0.4) is 0 Å². The number of aryl methyl sites for hydroxylation is 1. The standard InChI is InChI=1S/C25H28N4O/c1-18-8-6-9-19(14-18)21-16-26-25(27-17-21)28-22-11-7-10-20(15-22)24(30)29(2)23-12-4-3-5-13-23/h6-11,14-17,23H,3-5,12-13H2,1-2H3,(H,26,27,28). The van der Waals surface area contributed by atoms with E-state index < -0.39 is 0 Å². The molecule has 5 heteroatoms. The number of carbonyl (C=O) groups is 1. The molecule has 0 atom stereocenters. The van der Waals surface area contributed by atoms with E-state index in [9.17, 15) is 4.79 Å². The third-order valence-electron chi connectivity index (χ3n) is 5.81. The summed E-state index contributed by atoms with van der Waals surface area (Å²) in [5.41, 5.74) is 4.77. The normalized spacial score (nSPS) is 14.3. The summed E-state index contributed by atoms with van der Waals surface area (Å²) in [6.07, 6.45) is 9.52. The molecule has 1 aliphatic carbocycles. The first-order chi connectivity index (χ1) is 14.6. The molecule has 1 saturated carbocycles. The first-order valence-electron chi connectivity index (χ1n) is 10.6. The van der Waals surface area contributed by atoms with Gasteiger partial charge in [-0.25, -0.2) is 9.97 Å². The van der Waals surface area contributed by atoms with Crippen molar-refractivity contribution in [3.63, 3.8) is 0 Å². The Bertz CT molecular complexity index is 1010. The van der Waals surface area contributed by atoms with Crippen LogP contribution in [0.25, 0.3) is 11.1 Å². The van der Waals surface area contributed by atoms with E-state index in [0.29, 0.717) is 17.6 Å². The molecular formula is C25H28N4O. The van der Waals surface area contributed by atoms with Gasteiger partial charge in [-0.15, -0.1) is 0 Å². The van der Waals surface area contributed by atoms with Gasteiger partial charge in [0.05, 0.1) is 0 Å². The summed E-state index contributed by atoms with van der Waals surface area (Å²) in [5.74, 6) is 0.581. The van der Waals surface area contributed by atoms with Crippen LogP contribution >= 0.6 is 0 Å². The summed E-state index contributed by atoms with van der Waals surface area (Å²) in [4.78, 5) is 23.7. The minimum atomic E-state index is 0.0706. The number of benzene rings is 2. The number of hydrogen-bond acceptors (Lipinski definition) is 4. The highest BCUT2D eigenvalue weighted by Gasteiger charge is 2.23. The van der Waals surface area contributed by atoms with Crippen LogP contribution in [0.15, 0.2) is 60.9 Å². The van der Waals surface area contributed by atoms with Crippen LogP contribution in [0.5, 0.6) is 0 Å². The second-order valence-electron chi connectivity index (χ2n) is 8.08. The minimum absolute atomic E-state index is 0.0706. The highest BCUT2D eigenvalue weighted by Crippen LogP contribution is 2.24. The molecule has 1 N–H and O–H groups in total. The fourth-order valence-electron chi connectivity index (χ4n) is 4.06. The molecule has 0 spiro atoms. The van der Waals surface area contributed by atoms with Crippen LogP contribution in [-0.2, 0) is 0 Å². The first kappa shape index (κ1) is 20.1. The van der Waals surface area contributed by atoms with E-state index in [1.807, 2.05) is 54.7 Å². The van der Waals surface area contributed by atoms with Crippen LogP contribution in [-0.4, -0.2) is 33.9 Å². The molecule has 4 rings (SSSR count). The van der Waals surface area contributed by atoms with E-state index in [-0.39, 0.29) is 5.91 Å². The minimum Gasteiger partial charge on any atom is -0.339 e. The van der Waals surface area contributed by atoms with Crippen molar-refractivity contribution in [3.05, 3.63) is 72.1 Å². The molecule has 1 aromatic heterocycles. The number of rotatable bonds is 5. The smallest absolute Gasteiger partial charge is 0.253 e. The van der Waals surface area contributed by atoms with Gasteiger partial charge in [0.15, 0.2) is 0 Å². The Morgan fingerprint density at radius 3 is 2.43 bits per heavy atom. The van der Waals surface area contributed by atoms with Crippen LogP contribution in [0.4, 0.5) is 11.6 Å². The number of aromatic nitrogens is 2. The Kier molecular flexibility index (Phi) is 6.07. The number of nitrogens with one attached hydrogen (secondary N) is 1. The Hall–Kier alpha value is -3.21. The van der Waals surface area contributed by atoms with Crippen LogP contribution in [0, 0.1) is 6.92 Å². The highest BCUT2D eigenvalue weighted by molar-refractivity contribution is 5.95. The Balaban J connectivity index is 1.45. The van der Waals surface area contributed by atoms with Gasteiger partial charge in [-0.2, -0.15) is 0 Å². The molecule has 0 bridgehead atoms. The molecule has 3 aromatic rings. The summed E-state index contributed by atoms with van der Waals surface area (Å²) >= 11 is 0. The molecule has 0 radical (unpaired) electrons. The fourth-order valence-corrected chi connectivity index (χ4v) is 4.06. The zero-order valence-corrected chi connectivity index (χ0v) is 17.6. The van der Waals surface area contributed by atoms with E-state index in [2.05, 4.69) is 40.4 Å². The summed E-state index contributed by atoms with van der Waals surface area (Å²) in [6, 6.07) is 16.2. The molecule has 0 aliphatic heterocycles. The monoisotopic (exact) mass is 400 g/mol. The van der Waals surface area contributed by atoms with Crippen molar-refractivity contribution in [1.29, 1.82) is 0 Å². The molecule has 30 heavy (non-hydrogen) atoms. The van der Waals surface area contributed by atoms with Crippen LogP contribution in [0.1, 0.15) is 48.0 Å². The third-order valence-corrected chi connectivity index (χ3v) is 5.81. The first-order valence-corrected chi connectivity index (χ1v) is 10.6. The van der Waals surface area contributed by atoms with E-state index >= 15 is 0 Å². The molecule has 0 unspecified atom stereocenters. The molecule has 1 fully saturated rings. The summed E-state index contributed by atoms with van der Waals surface area (Å²) in [7, 11) is 1.92. The molecule has 1 heterocycles. The zero-order chi connectivity index (χ0) is 20.9. The second kappa shape index (κ2) is 9.08. The molecule has 1 aliphatic rings. The van der Waals surface area contributed by atoms with E-state index in [1.165, 1.54) is 24.8 Å².